The number of hydrogen-bond acceptors (Lipinski definition) is 6. The van der Waals surface area contributed by atoms with Crippen molar-refractivity contribution in [2.75, 3.05) is 32.6 Å². The molecule has 0 aliphatic carbocycles. The molecule has 0 saturated heterocycles. The molecule has 1 amide bonds. The molecule has 0 bridgehead atoms. The molecule has 0 aliphatic heterocycles. The highest BCUT2D eigenvalue weighted by atomic mass is 35.5. The van der Waals surface area contributed by atoms with Gasteiger partial charge in [0.2, 0.25) is 15.9 Å². The van der Waals surface area contributed by atoms with Crippen LogP contribution in [0.5, 0.6) is 5.75 Å². The van der Waals surface area contributed by atoms with Crippen molar-refractivity contribution in [3.05, 3.63) is 40.2 Å². The van der Waals surface area contributed by atoms with E-state index >= 15 is 0 Å². The zero-order valence-electron chi connectivity index (χ0n) is 17.3. The van der Waals surface area contributed by atoms with Crippen molar-refractivity contribution >= 4 is 39.2 Å². The number of anilines is 1. The second-order valence-corrected chi connectivity index (χ2v) is 8.87. The molecule has 0 spiro atoms. The van der Waals surface area contributed by atoms with Gasteiger partial charge in [0.15, 0.2) is 0 Å². The molecule has 1 aromatic carbocycles. The van der Waals surface area contributed by atoms with Crippen LogP contribution < -0.4 is 10.1 Å². The van der Waals surface area contributed by atoms with Gasteiger partial charge >= 0.3 is 5.97 Å². The second kappa shape index (κ2) is 9.50. The summed E-state index contributed by atoms with van der Waals surface area (Å²) in [5.41, 5.74) is 0.880. The maximum absolute atomic E-state index is 13.1. The minimum Gasteiger partial charge on any atom is -0.495 e. The molecular weight excluding hydrogens is 434 g/mol. The molecule has 1 heterocycles. The number of halogens is 1. The quantitative estimate of drug-likeness (QED) is 0.588. The van der Waals surface area contributed by atoms with Gasteiger partial charge in [0.1, 0.15) is 16.2 Å². The monoisotopic (exact) mass is 457 g/mol. The van der Waals surface area contributed by atoms with Crippen molar-refractivity contribution in [2.24, 2.45) is 0 Å². The fourth-order valence-corrected chi connectivity index (χ4v) is 4.64. The van der Waals surface area contributed by atoms with Crippen LogP contribution in [0.1, 0.15) is 28.7 Å². The SMILES string of the molecule is CCOC(=O)c1c(C)[nH]c(C)c1S(=O)(=O)N(C)CC(=O)Nc1cc(Cl)ccc1OC. The van der Waals surface area contributed by atoms with E-state index in [1.54, 1.807) is 26.0 Å². The van der Waals surface area contributed by atoms with Crippen LogP contribution in [0, 0.1) is 13.8 Å². The average molecular weight is 458 g/mol. The zero-order valence-corrected chi connectivity index (χ0v) is 18.9. The van der Waals surface area contributed by atoms with E-state index in [0.29, 0.717) is 22.2 Å². The van der Waals surface area contributed by atoms with Crippen molar-refractivity contribution in [1.82, 2.24) is 9.29 Å². The minimum atomic E-state index is -4.17. The van der Waals surface area contributed by atoms with E-state index in [-0.39, 0.29) is 22.8 Å². The number of benzene rings is 1. The number of esters is 1. The molecule has 0 fully saturated rings. The second-order valence-electron chi connectivity index (χ2n) is 6.45. The van der Waals surface area contributed by atoms with Gasteiger partial charge < -0.3 is 19.8 Å². The molecular formula is C19H24ClN3O6S. The van der Waals surface area contributed by atoms with E-state index in [1.165, 1.54) is 27.1 Å². The molecule has 0 atom stereocenters. The van der Waals surface area contributed by atoms with E-state index in [0.717, 1.165) is 4.31 Å². The highest BCUT2D eigenvalue weighted by Crippen LogP contribution is 2.29. The first-order chi connectivity index (χ1) is 14.0. The molecule has 0 aliphatic rings. The van der Waals surface area contributed by atoms with Crippen LogP contribution in [-0.2, 0) is 19.6 Å². The Balaban J connectivity index is 2.29. The van der Waals surface area contributed by atoms with Crippen molar-refractivity contribution in [3.63, 3.8) is 0 Å². The number of ether oxygens (including phenoxy) is 2. The Labute approximate surface area is 180 Å². The third-order valence-corrected chi connectivity index (χ3v) is 6.48. The normalized spacial score (nSPS) is 11.4. The summed E-state index contributed by atoms with van der Waals surface area (Å²) in [7, 11) is -1.49. The third kappa shape index (κ3) is 4.94. The number of carbonyl (C=O) groups is 2. The fourth-order valence-electron chi connectivity index (χ4n) is 2.94. The molecule has 2 N–H and O–H groups in total. The standard InChI is InChI=1S/C19H24ClN3O6S/c1-6-29-19(25)17-11(2)21-12(3)18(17)30(26,27)23(4)10-16(24)22-14-9-13(20)7-8-15(14)28-5/h7-9,21H,6,10H2,1-5H3,(H,22,24). The topological polar surface area (TPSA) is 118 Å². The van der Waals surface area contributed by atoms with Crippen molar-refractivity contribution < 1.29 is 27.5 Å². The summed E-state index contributed by atoms with van der Waals surface area (Å²) in [4.78, 5) is 27.4. The van der Waals surface area contributed by atoms with Crippen molar-refractivity contribution in [3.8, 4) is 5.75 Å². The summed E-state index contributed by atoms with van der Waals surface area (Å²) in [5.74, 6) is -0.983. The van der Waals surface area contributed by atoms with Gasteiger partial charge in [-0.3, -0.25) is 4.79 Å². The van der Waals surface area contributed by atoms with E-state index in [9.17, 15) is 18.0 Å². The highest BCUT2D eigenvalue weighted by molar-refractivity contribution is 7.89. The lowest BCUT2D eigenvalue weighted by Crippen LogP contribution is -2.35. The Bertz CT molecular complexity index is 1060. The molecule has 11 heteroatoms. The molecule has 0 saturated carbocycles. The fraction of sp³-hybridized carbons (Fsp3) is 0.368. The van der Waals surface area contributed by atoms with Crippen molar-refractivity contribution in [1.29, 1.82) is 0 Å². The lowest BCUT2D eigenvalue weighted by Gasteiger charge is -2.18. The van der Waals surface area contributed by atoms with Crippen LogP contribution in [0.3, 0.4) is 0 Å². The molecule has 0 radical (unpaired) electrons. The Morgan fingerprint density at radius 1 is 1.23 bits per heavy atom. The summed E-state index contributed by atoms with van der Waals surface area (Å²) in [5, 5.41) is 2.96. The number of likely N-dealkylation sites (N-methyl/N-ethyl adjacent to an activating group) is 1. The molecule has 2 rings (SSSR count). The smallest absolute Gasteiger partial charge is 0.341 e. The Morgan fingerprint density at radius 3 is 2.50 bits per heavy atom. The Morgan fingerprint density at radius 2 is 1.90 bits per heavy atom. The van der Waals surface area contributed by atoms with E-state index < -0.39 is 28.4 Å². The molecule has 2 aromatic rings. The van der Waals surface area contributed by atoms with Gasteiger partial charge in [0.25, 0.3) is 0 Å². The highest BCUT2D eigenvalue weighted by Gasteiger charge is 2.33. The van der Waals surface area contributed by atoms with Gasteiger partial charge in [-0.15, -0.1) is 0 Å². The number of nitrogens with zero attached hydrogens (tertiary/aromatic N) is 1. The third-order valence-electron chi connectivity index (χ3n) is 4.27. The number of rotatable bonds is 8. The zero-order chi connectivity index (χ0) is 22.6. The summed E-state index contributed by atoms with van der Waals surface area (Å²) >= 11 is 5.95. The molecule has 164 valence electrons. The van der Waals surface area contributed by atoms with E-state index in [2.05, 4.69) is 10.3 Å². The summed E-state index contributed by atoms with van der Waals surface area (Å²) in [6.07, 6.45) is 0. The number of hydrogen-bond donors (Lipinski definition) is 2. The predicted molar refractivity (Wildman–Crippen MR) is 113 cm³/mol. The van der Waals surface area contributed by atoms with E-state index in [1.807, 2.05) is 0 Å². The van der Waals surface area contributed by atoms with Gasteiger partial charge in [0.05, 0.1) is 25.9 Å². The number of aryl methyl sites for hydroxylation is 2. The van der Waals surface area contributed by atoms with Gasteiger partial charge in [-0.1, -0.05) is 11.6 Å². The van der Waals surface area contributed by atoms with Gasteiger partial charge in [-0.05, 0) is 39.0 Å². The van der Waals surface area contributed by atoms with Crippen LogP contribution in [0.4, 0.5) is 5.69 Å². The van der Waals surface area contributed by atoms with Crippen LogP contribution in [0.2, 0.25) is 5.02 Å². The lowest BCUT2D eigenvalue weighted by molar-refractivity contribution is -0.116. The number of methoxy groups -OCH3 is 1. The summed E-state index contributed by atoms with van der Waals surface area (Å²) < 4.78 is 37.3. The Hall–Kier alpha value is -2.56. The number of H-pyrrole nitrogens is 1. The largest absolute Gasteiger partial charge is 0.495 e. The first-order valence-electron chi connectivity index (χ1n) is 8.98. The molecule has 1 aromatic heterocycles. The number of nitrogens with one attached hydrogen (secondary N) is 2. The number of carbonyl (C=O) groups excluding carboxylic acids is 2. The first-order valence-corrected chi connectivity index (χ1v) is 10.8. The maximum Gasteiger partial charge on any atom is 0.341 e. The van der Waals surface area contributed by atoms with Crippen LogP contribution >= 0.6 is 11.6 Å². The molecule has 30 heavy (non-hydrogen) atoms. The molecule has 0 unspecified atom stereocenters. The average Bonchev–Trinajstić information content (AvgIpc) is 2.96. The maximum atomic E-state index is 13.1. The van der Waals surface area contributed by atoms with Gasteiger partial charge in [-0.25, -0.2) is 13.2 Å². The van der Waals surface area contributed by atoms with Gasteiger partial charge in [-0.2, -0.15) is 4.31 Å². The van der Waals surface area contributed by atoms with Crippen LogP contribution in [0.15, 0.2) is 23.1 Å². The first kappa shape index (κ1) is 23.7. The Kier molecular flexibility index (Phi) is 7.51. The predicted octanol–water partition coefficient (Wildman–Crippen LogP) is 2.73. The number of amides is 1. The van der Waals surface area contributed by atoms with Crippen LogP contribution in [0.25, 0.3) is 0 Å². The van der Waals surface area contributed by atoms with E-state index in [4.69, 9.17) is 21.1 Å². The summed E-state index contributed by atoms with van der Waals surface area (Å²) in [6.45, 7) is 4.34. The van der Waals surface area contributed by atoms with Gasteiger partial charge in [0, 0.05) is 23.5 Å². The number of sulfonamides is 1. The summed E-state index contributed by atoms with van der Waals surface area (Å²) in [6, 6.07) is 4.67. The number of aromatic amines is 1. The number of aromatic nitrogens is 1. The van der Waals surface area contributed by atoms with Crippen LogP contribution in [-0.4, -0.2) is 56.9 Å². The molecule has 9 nitrogen and oxygen atoms in total. The van der Waals surface area contributed by atoms with Crippen molar-refractivity contribution in [2.45, 2.75) is 25.7 Å². The lowest BCUT2D eigenvalue weighted by atomic mass is 10.2. The minimum absolute atomic E-state index is 0.0712.